The van der Waals surface area contributed by atoms with Gasteiger partial charge in [0.05, 0.1) is 6.04 Å². The molecule has 1 N–H and O–H groups in total. The number of carbonyl (C=O) groups excluding carboxylic acids is 1. The van der Waals surface area contributed by atoms with Gasteiger partial charge in [-0.3, -0.25) is 9.69 Å². The summed E-state index contributed by atoms with van der Waals surface area (Å²) in [5, 5.41) is 3.58. The van der Waals surface area contributed by atoms with Crippen LogP contribution in [0.3, 0.4) is 0 Å². The lowest BCUT2D eigenvalue weighted by atomic mass is 9.53. The van der Waals surface area contributed by atoms with Gasteiger partial charge in [0.1, 0.15) is 0 Å². The number of nitrogens with one attached hydrogen (secondary N) is 1. The Hall–Kier alpha value is -0.570. The highest BCUT2D eigenvalue weighted by molar-refractivity contribution is 5.82. The molecule has 3 heteroatoms. The highest BCUT2D eigenvalue weighted by Gasteiger charge is 2.51. The van der Waals surface area contributed by atoms with E-state index in [0.29, 0.717) is 5.91 Å². The van der Waals surface area contributed by atoms with Crippen LogP contribution in [0.2, 0.25) is 0 Å². The summed E-state index contributed by atoms with van der Waals surface area (Å²) in [7, 11) is 0. The van der Waals surface area contributed by atoms with Gasteiger partial charge in [0.15, 0.2) is 0 Å². The van der Waals surface area contributed by atoms with E-state index in [9.17, 15) is 4.79 Å². The first-order valence-electron chi connectivity index (χ1n) is 10.2. The average Bonchev–Trinajstić information content (AvgIpc) is 2.44. The third-order valence-electron chi connectivity index (χ3n) is 7.24. The molecule has 4 saturated carbocycles. The Balaban J connectivity index is 1.39. The van der Waals surface area contributed by atoms with Crippen LogP contribution in [0.25, 0.3) is 0 Å². The van der Waals surface area contributed by atoms with Crippen molar-refractivity contribution in [1.82, 2.24) is 10.2 Å². The largest absolute Gasteiger partial charge is 0.349 e. The van der Waals surface area contributed by atoms with Gasteiger partial charge in [0.2, 0.25) is 5.91 Å². The Labute approximate surface area is 141 Å². The first kappa shape index (κ1) is 15.9. The van der Waals surface area contributed by atoms with Crippen LogP contribution < -0.4 is 5.32 Å². The van der Waals surface area contributed by atoms with E-state index in [1.807, 2.05) is 0 Å². The molecular formula is C20H34N2O. The maximum absolute atomic E-state index is 13.0. The Morgan fingerprint density at radius 2 is 1.39 bits per heavy atom. The quantitative estimate of drug-likeness (QED) is 0.860. The summed E-state index contributed by atoms with van der Waals surface area (Å²) < 4.78 is 0. The average molecular weight is 319 g/mol. The van der Waals surface area contributed by atoms with Crippen LogP contribution in [0.1, 0.15) is 77.6 Å². The number of rotatable bonds is 3. The van der Waals surface area contributed by atoms with Crippen molar-refractivity contribution in [2.24, 2.45) is 17.8 Å². The molecule has 1 amide bonds. The Morgan fingerprint density at radius 1 is 0.913 bits per heavy atom. The SMILES string of the molecule is CC(C(=O)NC12CC3CC(CC(C3)C1)C2)N1CCCCCCC1. The summed E-state index contributed by atoms with van der Waals surface area (Å²) in [6, 6.07) is 0.0566. The minimum Gasteiger partial charge on any atom is -0.349 e. The van der Waals surface area contributed by atoms with Crippen LogP contribution in [0.4, 0.5) is 0 Å². The van der Waals surface area contributed by atoms with Gasteiger partial charge in [-0.15, -0.1) is 0 Å². The number of nitrogens with zero attached hydrogens (tertiary/aromatic N) is 1. The minimum atomic E-state index is 0.0566. The van der Waals surface area contributed by atoms with Crippen molar-refractivity contribution >= 4 is 5.91 Å². The summed E-state index contributed by atoms with van der Waals surface area (Å²) in [4.78, 5) is 15.4. The van der Waals surface area contributed by atoms with E-state index in [2.05, 4.69) is 17.1 Å². The molecule has 5 rings (SSSR count). The number of likely N-dealkylation sites (tertiary alicyclic amines) is 1. The van der Waals surface area contributed by atoms with Crippen molar-refractivity contribution in [3.8, 4) is 0 Å². The molecule has 5 aliphatic rings. The van der Waals surface area contributed by atoms with E-state index in [4.69, 9.17) is 0 Å². The van der Waals surface area contributed by atoms with Crippen molar-refractivity contribution in [2.75, 3.05) is 13.1 Å². The molecule has 0 aromatic carbocycles. The molecule has 1 aliphatic heterocycles. The molecule has 23 heavy (non-hydrogen) atoms. The third-order valence-corrected chi connectivity index (χ3v) is 7.24. The zero-order valence-electron chi connectivity index (χ0n) is 14.9. The van der Waals surface area contributed by atoms with E-state index in [0.717, 1.165) is 30.8 Å². The predicted molar refractivity (Wildman–Crippen MR) is 93.2 cm³/mol. The minimum absolute atomic E-state index is 0.0566. The second kappa shape index (κ2) is 6.38. The highest BCUT2D eigenvalue weighted by atomic mass is 16.2. The maximum Gasteiger partial charge on any atom is 0.237 e. The Bertz CT molecular complexity index is 404. The summed E-state index contributed by atoms with van der Waals surface area (Å²) in [6.45, 7) is 4.35. The smallest absolute Gasteiger partial charge is 0.237 e. The van der Waals surface area contributed by atoms with Gasteiger partial charge < -0.3 is 5.32 Å². The fraction of sp³-hybridized carbons (Fsp3) is 0.950. The first-order valence-corrected chi connectivity index (χ1v) is 10.2. The highest BCUT2D eigenvalue weighted by Crippen LogP contribution is 2.55. The molecule has 1 unspecified atom stereocenters. The van der Waals surface area contributed by atoms with Crippen LogP contribution in [-0.4, -0.2) is 35.5 Å². The lowest BCUT2D eigenvalue weighted by Crippen LogP contribution is -2.62. The molecule has 4 bridgehead atoms. The van der Waals surface area contributed by atoms with Gasteiger partial charge >= 0.3 is 0 Å². The molecule has 5 fully saturated rings. The van der Waals surface area contributed by atoms with Crippen molar-refractivity contribution in [3.63, 3.8) is 0 Å². The molecule has 0 aromatic heterocycles. The van der Waals surface area contributed by atoms with Crippen molar-refractivity contribution < 1.29 is 4.79 Å². The topological polar surface area (TPSA) is 32.3 Å². The number of hydrogen-bond acceptors (Lipinski definition) is 2. The second-order valence-corrected chi connectivity index (χ2v) is 9.17. The Kier molecular flexibility index (Phi) is 4.42. The lowest BCUT2D eigenvalue weighted by Gasteiger charge is -2.57. The molecule has 1 saturated heterocycles. The van der Waals surface area contributed by atoms with Gasteiger partial charge in [-0.25, -0.2) is 0 Å². The zero-order valence-corrected chi connectivity index (χ0v) is 14.9. The van der Waals surface area contributed by atoms with E-state index >= 15 is 0 Å². The fourth-order valence-corrected chi connectivity index (χ4v) is 6.45. The predicted octanol–water partition coefficient (Wildman–Crippen LogP) is 3.73. The summed E-state index contributed by atoms with van der Waals surface area (Å²) >= 11 is 0. The maximum atomic E-state index is 13.0. The second-order valence-electron chi connectivity index (χ2n) is 9.17. The summed E-state index contributed by atoms with van der Waals surface area (Å²) in [5.41, 5.74) is 0.169. The first-order chi connectivity index (χ1) is 11.1. The molecule has 4 aliphatic carbocycles. The van der Waals surface area contributed by atoms with Crippen LogP contribution in [0.15, 0.2) is 0 Å². The third kappa shape index (κ3) is 3.31. The molecule has 0 aromatic rings. The van der Waals surface area contributed by atoms with E-state index < -0.39 is 0 Å². The van der Waals surface area contributed by atoms with Gasteiger partial charge in [-0.1, -0.05) is 19.3 Å². The van der Waals surface area contributed by atoms with Crippen LogP contribution >= 0.6 is 0 Å². The molecule has 3 nitrogen and oxygen atoms in total. The van der Waals surface area contributed by atoms with Crippen LogP contribution in [-0.2, 0) is 4.79 Å². The molecule has 1 atom stereocenters. The van der Waals surface area contributed by atoms with Crippen molar-refractivity contribution in [1.29, 1.82) is 0 Å². The number of amides is 1. The lowest BCUT2D eigenvalue weighted by molar-refractivity contribution is -0.131. The standard InChI is InChI=1S/C20H34N2O/c1-15(22-7-5-3-2-4-6-8-22)19(23)21-20-12-16-9-17(13-20)11-18(10-16)14-20/h15-18H,2-14H2,1H3,(H,21,23). The van der Waals surface area contributed by atoms with E-state index in [1.165, 1.54) is 70.6 Å². The van der Waals surface area contributed by atoms with Crippen LogP contribution in [0, 0.1) is 17.8 Å². The molecule has 0 radical (unpaired) electrons. The summed E-state index contributed by atoms with van der Waals surface area (Å²) in [6.07, 6.45) is 14.7. The van der Waals surface area contributed by atoms with Crippen LogP contribution in [0.5, 0.6) is 0 Å². The normalized spacial score (nSPS) is 42.0. The molecular weight excluding hydrogens is 284 g/mol. The van der Waals surface area contributed by atoms with Gasteiger partial charge in [-0.2, -0.15) is 0 Å². The van der Waals surface area contributed by atoms with Gasteiger partial charge in [-0.05, 0) is 89.1 Å². The number of hydrogen-bond donors (Lipinski definition) is 1. The van der Waals surface area contributed by atoms with Gasteiger partial charge in [0.25, 0.3) is 0 Å². The monoisotopic (exact) mass is 318 g/mol. The van der Waals surface area contributed by atoms with E-state index in [1.54, 1.807) is 0 Å². The molecule has 130 valence electrons. The molecule has 1 heterocycles. The fourth-order valence-electron chi connectivity index (χ4n) is 6.45. The number of carbonyl (C=O) groups is 1. The van der Waals surface area contributed by atoms with E-state index in [-0.39, 0.29) is 11.6 Å². The van der Waals surface area contributed by atoms with Crippen molar-refractivity contribution in [3.05, 3.63) is 0 Å². The summed E-state index contributed by atoms with van der Waals surface area (Å²) in [5.74, 6) is 3.02. The zero-order chi connectivity index (χ0) is 15.9. The molecule has 0 spiro atoms. The van der Waals surface area contributed by atoms with Crippen molar-refractivity contribution in [2.45, 2.75) is 89.1 Å². The van der Waals surface area contributed by atoms with Gasteiger partial charge in [0, 0.05) is 5.54 Å². The Morgan fingerprint density at radius 3 is 1.91 bits per heavy atom.